The molecule has 0 aliphatic carbocycles. The molecule has 1 unspecified atom stereocenters. The fourth-order valence-electron chi connectivity index (χ4n) is 3.66. The molecule has 8 nitrogen and oxygen atoms in total. The number of ketones is 1. The van der Waals surface area contributed by atoms with Crippen LogP contribution in [-0.2, 0) is 22.4 Å². The van der Waals surface area contributed by atoms with Crippen LogP contribution < -0.4 is 10.1 Å². The molecular weight excluding hydrogens is 384 g/mol. The third kappa shape index (κ3) is 6.23. The Morgan fingerprint density at radius 2 is 2.03 bits per heavy atom. The van der Waals surface area contributed by atoms with Crippen molar-refractivity contribution in [1.29, 1.82) is 0 Å². The first-order valence-corrected chi connectivity index (χ1v) is 10.4. The number of Topliss-reactive ketones (excluding diaryl/α,β-unsaturated/α-hetero) is 1. The molecule has 8 heteroatoms. The van der Waals surface area contributed by atoms with E-state index >= 15 is 0 Å². The largest absolute Gasteiger partial charge is 0.481 e. The van der Waals surface area contributed by atoms with Gasteiger partial charge in [-0.05, 0) is 49.8 Å². The summed E-state index contributed by atoms with van der Waals surface area (Å²) in [5.41, 5.74) is 2.80. The van der Waals surface area contributed by atoms with Crippen LogP contribution in [0.25, 0.3) is 0 Å². The van der Waals surface area contributed by atoms with E-state index < -0.39 is 11.9 Å². The first kappa shape index (κ1) is 21.7. The van der Waals surface area contributed by atoms with Crippen LogP contribution in [0.2, 0.25) is 0 Å². The number of hydrogen-bond donors (Lipinski definition) is 2. The molecule has 160 valence electrons. The fourth-order valence-corrected chi connectivity index (χ4v) is 3.66. The van der Waals surface area contributed by atoms with Gasteiger partial charge in [-0.1, -0.05) is 6.07 Å². The van der Waals surface area contributed by atoms with Crippen LogP contribution >= 0.6 is 0 Å². The number of nitrogens with zero attached hydrogens (tertiary/aromatic N) is 3. The van der Waals surface area contributed by atoms with Crippen molar-refractivity contribution in [3.63, 3.8) is 0 Å². The summed E-state index contributed by atoms with van der Waals surface area (Å²) in [4.78, 5) is 28.3. The van der Waals surface area contributed by atoms with Crippen molar-refractivity contribution in [3.05, 3.63) is 41.2 Å². The maximum Gasteiger partial charge on any atom is 0.304 e. The van der Waals surface area contributed by atoms with E-state index in [-0.39, 0.29) is 18.6 Å². The summed E-state index contributed by atoms with van der Waals surface area (Å²) in [7, 11) is 1.48. The normalized spacial score (nSPS) is 13.8. The molecule has 2 aromatic heterocycles. The Labute approximate surface area is 176 Å². The number of fused-ring (bicyclic) bond motifs is 1. The van der Waals surface area contributed by atoms with Crippen molar-refractivity contribution in [2.45, 2.75) is 57.3 Å². The molecule has 0 saturated heterocycles. The minimum absolute atomic E-state index is 0.0407. The first-order valence-electron chi connectivity index (χ1n) is 10.4. The monoisotopic (exact) mass is 412 g/mol. The lowest BCUT2D eigenvalue weighted by atomic mass is 9.93. The molecule has 30 heavy (non-hydrogen) atoms. The van der Waals surface area contributed by atoms with Gasteiger partial charge in [-0.15, -0.1) is 5.10 Å². The Hall–Kier alpha value is -3.03. The molecule has 0 fully saturated rings. The highest BCUT2D eigenvalue weighted by atomic mass is 16.5. The van der Waals surface area contributed by atoms with Crippen molar-refractivity contribution in [1.82, 2.24) is 15.2 Å². The van der Waals surface area contributed by atoms with Crippen LogP contribution in [0, 0.1) is 0 Å². The summed E-state index contributed by atoms with van der Waals surface area (Å²) < 4.78 is 4.98. The van der Waals surface area contributed by atoms with Crippen LogP contribution in [0.4, 0.5) is 5.82 Å². The number of hydrogen-bond acceptors (Lipinski definition) is 7. The lowest BCUT2D eigenvalue weighted by Gasteiger charge is -2.17. The van der Waals surface area contributed by atoms with Gasteiger partial charge in [0.25, 0.3) is 0 Å². The highest BCUT2D eigenvalue weighted by Crippen LogP contribution is 2.24. The number of carboxylic acid groups (broad SMARTS) is 1. The SMILES string of the molecule is COc1ccc(C(CC(=O)O)CC(=O)CCCCc2ccc3c(n2)NCCC3)nn1. The zero-order valence-electron chi connectivity index (χ0n) is 17.3. The number of rotatable bonds is 11. The van der Waals surface area contributed by atoms with Crippen LogP contribution in [0.5, 0.6) is 5.88 Å². The number of aryl methyl sites for hydroxylation is 2. The summed E-state index contributed by atoms with van der Waals surface area (Å²) in [6.07, 6.45) is 5.06. The minimum atomic E-state index is -0.961. The van der Waals surface area contributed by atoms with Crippen molar-refractivity contribution < 1.29 is 19.4 Å². The second-order valence-corrected chi connectivity index (χ2v) is 7.59. The highest BCUT2D eigenvalue weighted by Gasteiger charge is 2.21. The van der Waals surface area contributed by atoms with E-state index in [0.29, 0.717) is 18.0 Å². The van der Waals surface area contributed by atoms with Gasteiger partial charge in [0.15, 0.2) is 0 Å². The second kappa shape index (κ2) is 10.7. The van der Waals surface area contributed by atoms with E-state index in [1.165, 1.54) is 12.7 Å². The maximum atomic E-state index is 12.4. The Bertz CT molecular complexity index is 870. The Kier molecular flexibility index (Phi) is 7.70. The molecule has 0 bridgehead atoms. The van der Waals surface area contributed by atoms with Gasteiger partial charge in [0.2, 0.25) is 5.88 Å². The van der Waals surface area contributed by atoms with Gasteiger partial charge in [0.05, 0.1) is 19.2 Å². The van der Waals surface area contributed by atoms with E-state index in [1.54, 1.807) is 12.1 Å². The topological polar surface area (TPSA) is 114 Å². The van der Waals surface area contributed by atoms with Crippen LogP contribution in [-0.4, -0.2) is 45.7 Å². The van der Waals surface area contributed by atoms with E-state index in [1.807, 2.05) is 0 Å². The molecule has 2 N–H and O–H groups in total. The molecule has 0 amide bonds. The molecule has 0 aromatic carbocycles. The van der Waals surface area contributed by atoms with E-state index in [9.17, 15) is 14.7 Å². The minimum Gasteiger partial charge on any atom is -0.481 e. The zero-order valence-corrected chi connectivity index (χ0v) is 17.3. The molecule has 1 aliphatic rings. The molecular formula is C22H28N4O4. The lowest BCUT2D eigenvalue weighted by molar-refractivity contribution is -0.137. The van der Waals surface area contributed by atoms with Crippen LogP contribution in [0.3, 0.4) is 0 Å². The number of ether oxygens (including phenoxy) is 1. The second-order valence-electron chi connectivity index (χ2n) is 7.59. The van der Waals surface area contributed by atoms with E-state index in [0.717, 1.165) is 50.2 Å². The summed E-state index contributed by atoms with van der Waals surface area (Å²) in [6, 6.07) is 7.50. The fraction of sp³-hybridized carbons (Fsp3) is 0.500. The molecule has 3 rings (SSSR count). The number of carbonyl (C=O) groups is 2. The van der Waals surface area contributed by atoms with Crippen molar-refractivity contribution in [3.8, 4) is 5.88 Å². The van der Waals surface area contributed by atoms with Gasteiger partial charge in [-0.3, -0.25) is 9.59 Å². The summed E-state index contributed by atoms with van der Waals surface area (Å²) in [5, 5.41) is 20.4. The van der Waals surface area contributed by atoms with E-state index in [4.69, 9.17) is 4.74 Å². The molecule has 1 atom stereocenters. The number of aromatic nitrogens is 3. The summed E-state index contributed by atoms with van der Waals surface area (Å²) >= 11 is 0. The number of carboxylic acids is 1. The number of unbranched alkanes of at least 4 members (excludes halogenated alkanes) is 1. The Morgan fingerprint density at radius 1 is 1.17 bits per heavy atom. The first-order chi connectivity index (χ1) is 14.5. The van der Waals surface area contributed by atoms with E-state index in [2.05, 4.69) is 32.6 Å². The Balaban J connectivity index is 1.47. The third-order valence-electron chi connectivity index (χ3n) is 5.27. The predicted octanol–water partition coefficient (Wildman–Crippen LogP) is 3.17. The average molecular weight is 412 g/mol. The summed E-state index contributed by atoms with van der Waals surface area (Å²) in [6.45, 7) is 0.966. The van der Waals surface area contributed by atoms with Gasteiger partial charge in [0, 0.05) is 37.1 Å². The highest BCUT2D eigenvalue weighted by molar-refractivity contribution is 5.80. The molecule has 0 saturated carbocycles. The predicted molar refractivity (Wildman–Crippen MR) is 112 cm³/mol. The van der Waals surface area contributed by atoms with Crippen molar-refractivity contribution in [2.75, 3.05) is 19.0 Å². The Morgan fingerprint density at radius 3 is 2.77 bits per heavy atom. The molecule has 0 spiro atoms. The number of methoxy groups -OCH3 is 1. The van der Waals surface area contributed by atoms with Crippen LogP contribution in [0.15, 0.2) is 24.3 Å². The third-order valence-corrected chi connectivity index (χ3v) is 5.27. The number of aliphatic carboxylic acids is 1. The molecule has 0 radical (unpaired) electrons. The van der Waals surface area contributed by atoms with Gasteiger partial charge >= 0.3 is 5.97 Å². The lowest BCUT2D eigenvalue weighted by Crippen LogP contribution is -2.14. The molecule has 3 heterocycles. The maximum absolute atomic E-state index is 12.4. The number of pyridine rings is 1. The van der Waals surface area contributed by atoms with Gasteiger partial charge in [-0.25, -0.2) is 4.98 Å². The van der Waals surface area contributed by atoms with Crippen molar-refractivity contribution in [2.24, 2.45) is 0 Å². The number of nitrogens with one attached hydrogen (secondary N) is 1. The van der Waals surface area contributed by atoms with Crippen molar-refractivity contribution >= 4 is 17.6 Å². The average Bonchev–Trinajstić information content (AvgIpc) is 2.76. The smallest absolute Gasteiger partial charge is 0.304 e. The summed E-state index contributed by atoms with van der Waals surface area (Å²) in [5.74, 6) is -0.0599. The van der Waals surface area contributed by atoms with Gasteiger partial charge < -0.3 is 15.2 Å². The molecule has 1 aliphatic heterocycles. The molecule has 2 aromatic rings. The standard InChI is InChI=1S/C22H28N4O4/c1-30-20-11-10-19(25-26-20)16(14-21(28)29)13-18(27)7-3-2-6-17-9-8-15-5-4-12-23-22(15)24-17/h8-11,16H,2-7,12-14H2,1H3,(H,23,24)(H,28,29). The van der Waals surface area contributed by atoms with Gasteiger partial charge in [0.1, 0.15) is 11.6 Å². The van der Waals surface area contributed by atoms with Gasteiger partial charge in [-0.2, -0.15) is 5.10 Å². The van der Waals surface area contributed by atoms with Crippen LogP contribution in [0.1, 0.15) is 61.4 Å². The quantitative estimate of drug-likeness (QED) is 0.541. The number of carbonyl (C=O) groups excluding carboxylic acids is 1. The zero-order chi connectivity index (χ0) is 21.3. The number of anilines is 1.